The fourth-order valence-electron chi connectivity index (χ4n) is 3.19. The topological polar surface area (TPSA) is 85.6 Å². The number of methoxy groups -OCH3 is 1. The molecule has 31 heavy (non-hydrogen) atoms. The van der Waals surface area contributed by atoms with Gasteiger partial charge in [-0.15, -0.1) is 24.0 Å². The molecule has 2 heterocycles. The van der Waals surface area contributed by atoms with Crippen LogP contribution in [0.25, 0.3) is 0 Å². The van der Waals surface area contributed by atoms with Crippen LogP contribution in [0.15, 0.2) is 29.3 Å². The number of alkyl halides is 3. The van der Waals surface area contributed by atoms with Gasteiger partial charge in [0, 0.05) is 38.7 Å². The third-order valence-corrected chi connectivity index (χ3v) is 4.55. The number of rotatable bonds is 7. The molecule has 1 aliphatic rings. The third kappa shape index (κ3) is 7.52. The molecular formula is C19H26F3IN6O2. The summed E-state index contributed by atoms with van der Waals surface area (Å²) in [5, 5.41) is 10.9. The largest absolute Gasteiger partial charge is 0.484 e. The molecule has 0 fully saturated rings. The summed E-state index contributed by atoms with van der Waals surface area (Å²) in [6.45, 7) is -0.0491. The van der Waals surface area contributed by atoms with Crippen LogP contribution in [0.4, 0.5) is 13.2 Å². The molecule has 2 aromatic rings. The summed E-state index contributed by atoms with van der Waals surface area (Å²) in [6, 6.07) is 6.71. The Kier molecular flexibility index (Phi) is 9.34. The number of halogens is 4. The van der Waals surface area contributed by atoms with Crippen molar-refractivity contribution in [1.82, 2.24) is 25.4 Å². The summed E-state index contributed by atoms with van der Waals surface area (Å²) in [5.74, 6) is 2.32. The Morgan fingerprint density at radius 2 is 2.10 bits per heavy atom. The molecule has 12 heteroatoms. The SMILES string of the molecule is CN=C(NCc1ccccc1OCC(F)(F)F)NC1CCc2nc(COC)nn2C1.I. The summed E-state index contributed by atoms with van der Waals surface area (Å²) in [5.41, 5.74) is 0.608. The minimum Gasteiger partial charge on any atom is -0.484 e. The van der Waals surface area contributed by atoms with Crippen molar-refractivity contribution in [2.24, 2.45) is 4.99 Å². The van der Waals surface area contributed by atoms with Crippen LogP contribution < -0.4 is 15.4 Å². The lowest BCUT2D eigenvalue weighted by Gasteiger charge is -2.25. The Labute approximate surface area is 195 Å². The summed E-state index contributed by atoms with van der Waals surface area (Å²) in [7, 11) is 3.24. The quantitative estimate of drug-likeness (QED) is 0.311. The Morgan fingerprint density at radius 3 is 2.81 bits per heavy atom. The molecule has 0 saturated heterocycles. The maximum absolute atomic E-state index is 12.5. The van der Waals surface area contributed by atoms with E-state index in [1.165, 1.54) is 6.07 Å². The van der Waals surface area contributed by atoms with Crippen LogP contribution in [0.2, 0.25) is 0 Å². The van der Waals surface area contributed by atoms with Crippen molar-refractivity contribution >= 4 is 29.9 Å². The fourth-order valence-corrected chi connectivity index (χ4v) is 3.19. The first kappa shape index (κ1) is 25.2. The highest BCUT2D eigenvalue weighted by molar-refractivity contribution is 14.0. The first-order valence-electron chi connectivity index (χ1n) is 9.54. The van der Waals surface area contributed by atoms with Crippen LogP contribution in [0, 0.1) is 0 Å². The molecule has 0 aliphatic carbocycles. The molecule has 0 radical (unpaired) electrons. The van der Waals surface area contributed by atoms with Gasteiger partial charge in [0.05, 0.1) is 6.54 Å². The van der Waals surface area contributed by atoms with E-state index in [0.29, 0.717) is 30.5 Å². The van der Waals surface area contributed by atoms with Gasteiger partial charge in [0.15, 0.2) is 18.4 Å². The molecule has 0 amide bonds. The molecule has 1 unspecified atom stereocenters. The van der Waals surface area contributed by atoms with Gasteiger partial charge in [-0.1, -0.05) is 18.2 Å². The number of para-hydroxylation sites is 1. The minimum atomic E-state index is -4.39. The fraction of sp³-hybridized carbons (Fsp3) is 0.526. The average Bonchev–Trinajstić information content (AvgIpc) is 3.11. The maximum atomic E-state index is 12.5. The van der Waals surface area contributed by atoms with E-state index in [4.69, 9.17) is 9.47 Å². The number of ether oxygens (including phenoxy) is 2. The maximum Gasteiger partial charge on any atom is 0.422 e. The highest BCUT2D eigenvalue weighted by atomic mass is 127. The van der Waals surface area contributed by atoms with E-state index in [1.54, 1.807) is 32.4 Å². The monoisotopic (exact) mass is 554 g/mol. The molecule has 0 spiro atoms. The zero-order valence-corrected chi connectivity index (χ0v) is 19.6. The predicted octanol–water partition coefficient (Wildman–Crippen LogP) is 2.66. The van der Waals surface area contributed by atoms with Crippen LogP contribution in [-0.2, 0) is 30.9 Å². The predicted molar refractivity (Wildman–Crippen MR) is 120 cm³/mol. The van der Waals surface area contributed by atoms with E-state index >= 15 is 0 Å². The van der Waals surface area contributed by atoms with E-state index in [9.17, 15) is 13.2 Å². The van der Waals surface area contributed by atoms with Crippen molar-refractivity contribution in [3.8, 4) is 5.75 Å². The van der Waals surface area contributed by atoms with Crippen LogP contribution >= 0.6 is 24.0 Å². The number of hydrogen-bond donors (Lipinski definition) is 2. The van der Waals surface area contributed by atoms with Gasteiger partial charge in [0.2, 0.25) is 0 Å². The molecule has 0 bridgehead atoms. The molecule has 8 nitrogen and oxygen atoms in total. The number of aryl methyl sites for hydroxylation is 1. The van der Waals surface area contributed by atoms with E-state index in [2.05, 4.69) is 25.7 Å². The van der Waals surface area contributed by atoms with Crippen molar-refractivity contribution < 1.29 is 22.6 Å². The van der Waals surface area contributed by atoms with Crippen LogP contribution in [0.1, 0.15) is 23.6 Å². The Hall–Kier alpha value is -2.09. The Bertz CT molecular complexity index is 875. The molecule has 3 rings (SSSR count). The third-order valence-electron chi connectivity index (χ3n) is 4.55. The molecule has 1 atom stereocenters. The summed E-state index contributed by atoms with van der Waals surface area (Å²) in [6.07, 6.45) is -2.75. The highest BCUT2D eigenvalue weighted by Crippen LogP contribution is 2.22. The zero-order valence-electron chi connectivity index (χ0n) is 17.3. The Balaban J connectivity index is 0.00000341. The number of fused-ring (bicyclic) bond motifs is 1. The van der Waals surface area contributed by atoms with Gasteiger partial charge in [0.25, 0.3) is 0 Å². The van der Waals surface area contributed by atoms with Gasteiger partial charge in [-0.2, -0.15) is 18.3 Å². The van der Waals surface area contributed by atoms with E-state index in [1.807, 2.05) is 4.68 Å². The number of benzene rings is 1. The molecule has 1 aromatic heterocycles. The van der Waals surface area contributed by atoms with Gasteiger partial charge >= 0.3 is 6.18 Å². The summed E-state index contributed by atoms with van der Waals surface area (Å²) >= 11 is 0. The van der Waals surface area contributed by atoms with E-state index in [0.717, 1.165) is 18.7 Å². The van der Waals surface area contributed by atoms with Crippen molar-refractivity contribution in [3.63, 3.8) is 0 Å². The number of hydrogen-bond acceptors (Lipinski definition) is 5. The van der Waals surface area contributed by atoms with Crippen molar-refractivity contribution in [2.75, 3.05) is 20.8 Å². The molecule has 1 aromatic carbocycles. The number of nitrogens with zero attached hydrogens (tertiary/aromatic N) is 4. The van der Waals surface area contributed by atoms with Crippen molar-refractivity contribution in [2.45, 2.75) is 44.8 Å². The van der Waals surface area contributed by atoms with Gasteiger partial charge < -0.3 is 20.1 Å². The van der Waals surface area contributed by atoms with E-state index in [-0.39, 0.29) is 42.3 Å². The number of aliphatic imine (C=N–C) groups is 1. The Morgan fingerprint density at radius 1 is 1.32 bits per heavy atom. The first-order chi connectivity index (χ1) is 14.4. The van der Waals surface area contributed by atoms with Crippen LogP contribution in [-0.4, -0.2) is 53.7 Å². The molecule has 1 aliphatic heterocycles. The number of guanidine groups is 1. The van der Waals surface area contributed by atoms with Crippen LogP contribution in [0.5, 0.6) is 5.75 Å². The molecule has 172 valence electrons. The number of aromatic nitrogens is 3. The highest BCUT2D eigenvalue weighted by Gasteiger charge is 2.29. The second-order valence-electron chi connectivity index (χ2n) is 6.88. The van der Waals surface area contributed by atoms with Gasteiger partial charge in [0.1, 0.15) is 18.2 Å². The molecular weight excluding hydrogens is 528 g/mol. The lowest BCUT2D eigenvalue weighted by Crippen LogP contribution is -2.46. The lowest BCUT2D eigenvalue weighted by molar-refractivity contribution is -0.153. The lowest BCUT2D eigenvalue weighted by atomic mass is 10.1. The van der Waals surface area contributed by atoms with Crippen LogP contribution in [0.3, 0.4) is 0 Å². The van der Waals surface area contributed by atoms with Gasteiger partial charge in [-0.25, -0.2) is 9.67 Å². The minimum absolute atomic E-state index is 0. The van der Waals surface area contributed by atoms with Crippen molar-refractivity contribution in [3.05, 3.63) is 41.5 Å². The standard InChI is InChI=1S/C19H25F3N6O2.HI/c1-23-18(24-9-13-5-3-4-6-15(13)30-12-19(20,21)22)25-14-7-8-17-26-16(11-29-2)27-28(17)10-14;/h3-6,14H,7-12H2,1-2H3,(H2,23,24,25);1H. The summed E-state index contributed by atoms with van der Waals surface area (Å²) in [4.78, 5) is 8.66. The second-order valence-corrected chi connectivity index (χ2v) is 6.88. The van der Waals surface area contributed by atoms with Gasteiger partial charge in [-0.05, 0) is 12.5 Å². The molecule has 0 saturated carbocycles. The second kappa shape index (κ2) is 11.5. The first-order valence-corrected chi connectivity index (χ1v) is 9.54. The molecule has 2 N–H and O–H groups in total. The summed E-state index contributed by atoms with van der Waals surface area (Å²) < 4.78 is 49.3. The zero-order chi connectivity index (χ0) is 21.6. The average molecular weight is 554 g/mol. The smallest absolute Gasteiger partial charge is 0.422 e. The van der Waals surface area contributed by atoms with E-state index < -0.39 is 12.8 Å². The number of nitrogens with one attached hydrogen (secondary N) is 2. The van der Waals surface area contributed by atoms with Gasteiger partial charge in [-0.3, -0.25) is 4.99 Å². The van der Waals surface area contributed by atoms with Crippen molar-refractivity contribution in [1.29, 1.82) is 0 Å². The normalized spacial score (nSPS) is 16.3.